The average molecular weight is 587 g/mol. The quantitative estimate of drug-likeness (QED) is 0.0786. The molecule has 0 amide bonds. The van der Waals surface area contributed by atoms with Crippen molar-refractivity contribution in [2.45, 2.75) is 13.8 Å². The molecule has 0 fully saturated rings. The van der Waals surface area contributed by atoms with Crippen LogP contribution in [0.25, 0.3) is 0 Å². The molecule has 0 aromatic carbocycles. The number of carbonyl (C=O) groups excluding carboxylic acids is 1. The van der Waals surface area contributed by atoms with Crippen molar-refractivity contribution in [3.63, 3.8) is 0 Å². The predicted octanol–water partition coefficient (Wildman–Crippen LogP) is 0.998. The highest BCUT2D eigenvalue weighted by Gasteiger charge is 2.04. The molecule has 0 aliphatic heterocycles. The highest BCUT2D eigenvalue weighted by Crippen LogP contribution is 1.93. The first-order valence-corrected chi connectivity index (χ1v) is 14.1. The van der Waals surface area contributed by atoms with Gasteiger partial charge >= 0.3 is 5.97 Å². The topological polar surface area (TPSA) is 128 Å². The monoisotopic (exact) mass is 586 g/mol. The number of esters is 1. The summed E-state index contributed by atoms with van der Waals surface area (Å²) in [5.41, 5.74) is 0. The van der Waals surface area contributed by atoms with Crippen LogP contribution in [0.2, 0.25) is 0 Å². The minimum absolute atomic E-state index is 0.0575. The van der Waals surface area contributed by atoms with Gasteiger partial charge in [0.2, 0.25) is 0 Å². The lowest BCUT2D eigenvalue weighted by Gasteiger charge is -2.09. The van der Waals surface area contributed by atoms with Gasteiger partial charge in [-0.15, -0.1) is 0 Å². The van der Waals surface area contributed by atoms with Crippen LogP contribution in [0.3, 0.4) is 0 Å². The van der Waals surface area contributed by atoms with E-state index < -0.39 is 0 Å². The second-order valence-electron chi connectivity index (χ2n) is 8.63. The maximum atomic E-state index is 11.4. The van der Waals surface area contributed by atoms with E-state index in [9.17, 15) is 4.79 Å². The summed E-state index contributed by atoms with van der Waals surface area (Å²) in [5, 5.41) is 0. The molecule has 13 heteroatoms. The maximum absolute atomic E-state index is 11.4. The zero-order chi connectivity index (χ0) is 29.2. The highest BCUT2D eigenvalue weighted by atomic mass is 16.6. The fourth-order valence-corrected chi connectivity index (χ4v) is 2.58. The minimum atomic E-state index is -0.356. The van der Waals surface area contributed by atoms with Gasteiger partial charge in [-0.2, -0.15) is 0 Å². The van der Waals surface area contributed by atoms with Crippen LogP contribution in [-0.2, 0) is 61.6 Å². The summed E-state index contributed by atoms with van der Waals surface area (Å²) in [7, 11) is 1.64. The minimum Gasteiger partial charge on any atom is -0.464 e. The molecule has 0 atom stereocenters. The van der Waals surface area contributed by atoms with Crippen LogP contribution < -0.4 is 0 Å². The first-order chi connectivity index (χ1) is 19.7. The van der Waals surface area contributed by atoms with Gasteiger partial charge in [-0.1, -0.05) is 13.8 Å². The fraction of sp³-hybridized carbons (Fsp3) is 0.963. The lowest BCUT2D eigenvalue weighted by molar-refractivity contribution is -0.150. The first-order valence-electron chi connectivity index (χ1n) is 14.1. The van der Waals surface area contributed by atoms with Crippen molar-refractivity contribution in [1.29, 1.82) is 0 Å². The van der Waals surface area contributed by atoms with Crippen molar-refractivity contribution in [1.82, 2.24) is 0 Å². The molecule has 0 bridgehead atoms. The standard InChI is InChI=1S/C27H54O13/c1-26(2)24-40-27(28)25-39-23-22-38-21-20-37-19-18-36-17-16-35-15-14-34-13-12-33-11-10-32-9-8-31-7-6-30-5-4-29-3/h26H,4-25H2,1-3H3. The Morgan fingerprint density at radius 2 is 0.675 bits per heavy atom. The number of hydrogen-bond donors (Lipinski definition) is 0. The Hall–Kier alpha value is -0.970. The molecule has 0 radical (unpaired) electrons. The second-order valence-corrected chi connectivity index (χ2v) is 8.63. The van der Waals surface area contributed by atoms with Crippen molar-refractivity contribution in [2.24, 2.45) is 5.92 Å². The molecule has 240 valence electrons. The third-order valence-electron chi connectivity index (χ3n) is 4.58. The smallest absolute Gasteiger partial charge is 0.332 e. The van der Waals surface area contributed by atoms with Crippen molar-refractivity contribution in [3.05, 3.63) is 0 Å². The fourth-order valence-electron chi connectivity index (χ4n) is 2.58. The van der Waals surface area contributed by atoms with Gasteiger partial charge in [-0.05, 0) is 5.92 Å². The van der Waals surface area contributed by atoms with Crippen molar-refractivity contribution >= 4 is 5.97 Å². The number of ether oxygens (including phenoxy) is 12. The van der Waals surface area contributed by atoms with Crippen molar-refractivity contribution < 1.29 is 61.6 Å². The van der Waals surface area contributed by atoms with E-state index >= 15 is 0 Å². The van der Waals surface area contributed by atoms with Crippen molar-refractivity contribution in [2.75, 3.05) is 152 Å². The van der Waals surface area contributed by atoms with Crippen LogP contribution in [0.15, 0.2) is 0 Å². The number of carbonyl (C=O) groups is 1. The molecule has 40 heavy (non-hydrogen) atoms. The molecule has 0 saturated carbocycles. The summed E-state index contributed by atoms with van der Waals surface area (Å²) in [5.74, 6) is -0.0446. The molecule has 0 unspecified atom stereocenters. The lowest BCUT2D eigenvalue weighted by Crippen LogP contribution is -2.18. The summed E-state index contributed by atoms with van der Waals surface area (Å²) in [6.07, 6.45) is 0. The van der Waals surface area contributed by atoms with E-state index in [4.69, 9.17) is 56.8 Å². The predicted molar refractivity (Wildman–Crippen MR) is 146 cm³/mol. The van der Waals surface area contributed by atoms with Crippen LogP contribution in [-0.4, -0.2) is 158 Å². The SMILES string of the molecule is COCCOCCOCCOCCOCCOCCOCCOCCOCCOCCOCC(=O)OCC(C)C. The zero-order valence-electron chi connectivity index (χ0n) is 24.9. The average Bonchev–Trinajstić information content (AvgIpc) is 2.94. The van der Waals surface area contributed by atoms with E-state index in [1.165, 1.54) is 0 Å². The zero-order valence-corrected chi connectivity index (χ0v) is 24.9. The largest absolute Gasteiger partial charge is 0.464 e. The van der Waals surface area contributed by atoms with Gasteiger partial charge in [0.15, 0.2) is 0 Å². The summed E-state index contributed by atoms with van der Waals surface area (Å²) in [4.78, 5) is 11.4. The van der Waals surface area contributed by atoms with E-state index in [0.717, 1.165) is 0 Å². The molecule has 0 aromatic rings. The number of rotatable bonds is 34. The summed E-state index contributed by atoms with van der Waals surface area (Å²) >= 11 is 0. The molecular formula is C27H54O13. The van der Waals surface area contributed by atoms with Gasteiger partial charge in [-0.3, -0.25) is 0 Å². The molecule has 0 N–H and O–H groups in total. The molecule has 13 nitrogen and oxygen atoms in total. The van der Waals surface area contributed by atoms with Gasteiger partial charge in [0.25, 0.3) is 0 Å². The summed E-state index contributed by atoms with van der Waals surface area (Å²) in [6.45, 7) is 14.3. The molecule has 0 heterocycles. The van der Waals surface area contributed by atoms with E-state index in [2.05, 4.69) is 0 Å². The van der Waals surface area contributed by atoms with Crippen LogP contribution in [0, 0.1) is 5.92 Å². The third kappa shape index (κ3) is 35.1. The Morgan fingerprint density at radius 1 is 0.425 bits per heavy atom. The van der Waals surface area contributed by atoms with Gasteiger partial charge in [0.1, 0.15) is 6.61 Å². The number of hydrogen-bond acceptors (Lipinski definition) is 13. The van der Waals surface area contributed by atoms with Crippen LogP contribution in [0.5, 0.6) is 0 Å². The van der Waals surface area contributed by atoms with E-state index in [-0.39, 0.29) is 12.6 Å². The third-order valence-corrected chi connectivity index (χ3v) is 4.58. The number of methoxy groups -OCH3 is 1. The normalized spacial score (nSPS) is 11.5. The highest BCUT2D eigenvalue weighted by molar-refractivity contribution is 5.70. The van der Waals surface area contributed by atoms with Gasteiger partial charge in [0.05, 0.1) is 139 Å². The van der Waals surface area contributed by atoms with Crippen LogP contribution in [0.1, 0.15) is 13.8 Å². The second kappa shape index (κ2) is 34.2. The van der Waals surface area contributed by atoms with Gasteiger partial charge in [-0.25, -0.2) is 4.79 Å². The van der Waals surface area contributed by atoms with Crippen molar-refractivity contribution in [3.8, 4) is 0 Å². The molecule has 0 aromatic heterocycles. The summed E-state index contributed by atoms with van der Waals surface area (Å²) in [6, 6.07) is 0. The summed E-state index contributed by atoms with van der Waals surface area (Å²) < 4.78 is 63.8. The molecule has 0 rings (SSSR count). The van der Waals surface area contributed by atoms with E-state index in [0.29, 0.717) is 145 Å². The Morgan fingerprint density at radius 3 is 0.925 bits per heavy atom. The Labute approximate surface area is 240 Å². The molecular weight excluding hydrogens is 532 g/mol. The molecule has 0 aliphatic rings. The van der Waals surface area contributed by atoms with E-state index in [1.807, 2.05) is 13.8 Å². The first kappa shape index (κ1) is 39.0. The Kier molecular flexibility index (Phi) is 33.4. The lowest BCUT2D eigenvalue weighted by atomic mass is 10.2. The van der Waals surface area contributed by atoms with Gasteiger partial charge < -0.3 is 56.8 Å². The van der Waals surface area contributed by atoms with E-state index in [1.54, 1.807) is 7.11 Å². The molecule has 0 spiro atoms. The Balaban J connectivity index is 3.07. The van der Waals surface area contributed by atoms with Crippen LogP contribution >= 0.6 is 0 Å². The maximum Gasteiger partial charge on any atom is 0.332 e. The molecule has 0 aliphatic carbocycles. The van der Waals surface area contributed by atoms with Crippen LogP contribution in [0.4, 0.5) is 0 Å². The molecule has 0 saturated heterocycles. The van der Waals surface area contributed by atoms with Gasteiger partial charge in [0, 0.05) is 7.11 Å². The Bertz CT molecular complexity index is 497.